The lowest BCUT2D eigenvalue weighted by Crippen LogP contribution is -2.43. The summed E-state index contributed by atoms with van der Waals surface area (Å²) in [5.74, 6) is -0.341. The monoisotopic (exact) mass is 521 g/mol. The lowest BCUT2D eigenvalue weighted by atomic mass is 9.87. The van der Waals surface area contributed by atoms with Crippen molar-refractivity contribution in [2.45, 2.75) is 38.0 Å². The number of sulfonamides is 1. The summed E-state index contributed by atoms with van der Waals surface area (Å²) in [7, 11) is -4.06. The third-order valence-electron chi connectivity index (χ3n) is 6.09. The number of aromatic nitrogens is 2. The molecule has 8 nitrogen and oxygen atoms in total. The van der Waals surface area contributed by atoms with E-state index in [-0.39, 0.29) is 29.3 Å². The Morgan fingerprint density at radius 2 is 1.84 bits per heavy atom. The number of hydrogen-bond donors (Lipinski definition) is 2. The molecule has 3 N–H and O–H groups in total. The number of carbonyl (C=O) groups is 1. The van der Waals surface area contributed by atoms with Gasteiger partial charge in [0.25, 0.3) is 10.0 Å². The van der Waals surface area contributed by atoms with Crippen LogP contribution >= 0.6 is 0 Å². The number of anilines is 1. The van der Waals surface area contributed by atoms with Crippen LogP contribution in [0.15, 0.2) is 90.1 Å². The maximum Gasteiger partial charge on any atom is 0.264 e. The van der Waals surface area contributed by atoms with Crippen LogP contribution in [0.4, 0.5) is 5.69 Å². The average molecular weight is 522 g/mol. The Bertz CT molecular complexity index is 1410. The number of amides is 1. The van der Waals surface area contributed by atoms with Gasteiger partial charge in [0.2, 0.25) is 5.91 Å². The summed E-state index contributed by atoms with van der Waals surface area (Å²) in [4.78, 5) is 15.1. The molecule has 0 saturated heterocycles. The second-order valence-electron chi connectivity index (χ2n) is 9.67. The van der Waals surface area contributed by atoms with Crippen LogP contribution in [0.5, 0.6) is 0 Å². The molecule has 0 aliphatic rings. The summed E-state index contributed by atoms with van der Waals surface area (Å²) in [5, 5.41) is 7.73. The number of hydrogen-bond acceptors (Lipinski definition) is 5. The Morgan fingerprint density at radius 3 is 2.43 bits per heavy atom. The first-order valence-corrected chi connectivity index (χ1v) is 13.5. The molecule has 0 aliphatic heterocycles. The number of benzene rings is 2. The molecule has 9 heteroatoms. The Morgan fingerprint density at radius 1 is 1.14 bits per heavy atom. The van der Waals surface area contributed by atoms with E-state index in [4.69, 9.17) is 5.73 Å². The topological polar surface area (TPSA) is 112 Å². The smallest absolute Gasteiger partial charge is 0.264 e. The molecule has 3 aromatic rings. The van der Waals surface area contributed by atoms with E-state index in [0.717, 1.165) is 20.8 Å². The van der Waals surface area contributed by atoms with Crippen molar-refractivity contribution in [3.05, 3.63) is 90.8 Å². The molecular formula is C28H35N5O3S. The number of rotatable bonds is 10. The van der Waals surface area contributed by atoms with Crippen LogP contribution in [0.1, 0.15) is 33.3 Å². The third-order valence-corrected chi connectivity index (χ3v) is 7.88. The maximum absolute atomic E-state index is 13.9. The number of H-pyrrole nitrogens is 1. The lowest BCUT2D eigenvalue weighted by Gasteiger charge is -2.28. The zero-order valence-corrected chi connectivity index (χ0v) is 22.6. The molecule has 0 radical (unpaired) electrons. The molecule has 0 fully saturated rings. The average Bonchev–Trinajstić information content (AvgIpc) is 3.35. The molecule has 1 amide bonds. The quantitative estimate of drug-likeness (QED) is 0.382. The first kappa shape index (κ1) is 27.7. The minimum Gasteiger partial charge on any atom is -0.405 e. The molecule has 0 spiro atoms. The number of likely N-dealkylation sites (N-methyl/N-ethyl adjacent to an activating group) is 1. The van der Waals surface area contributed by atoms with Crippen LogP contribution in [0.25, 0.3) is 10.9 Å². The Kier molecular flexibility index (Phi) is 8.60. The van der Waals surface area contributed by atoms with Crippen molar-refractivity contribution in [1.29, 1.82) is 0 Å². The highest BCUT2D eigenvalue weighted by molar-refractivity contribution is 7.92. The van der Waals surface area contributed by atoms with Gasteiger partial charge < -0.3 is 10.6 Å². The number of fused-ring (bicyclic) bond motifs is 1. The standard InChI is InChI=1S/C28H35N5O3S/c1-6-21(9-8-16-29)19-32(7-2)27(34)20-33(24-13-10-22-18-30-31-26(22)17-24)37(35,36)25-14-11-23(12-15-25)28(3,4)5/h6,8-18H,1,7,19-20,29H2,2-5H3,(H,30,31)/b16-8-,21-9+. The van der Waals surface area contributed by atoms with Crippen molar-refractivity contribution < 1.29 is 13.2 Å². The molecule has 1 heterocycles. The fraction of sp³-hybridized carbons (Fsp3) is 0.286. The van der Waals surface area contributed by atoms with Crippen LogP contribution in [0.2, 0.25) is 0 Å². The highest BCUT2D eigenvalue weighted by atomic mass is 32.2. The van der Waals surface area contributed by atoms with E-state index in [0.29, 0.717) is 17.7 Å². The van der Waals surface area contributed by atoms with E-state index in [9.17, 15) is 13.2 Å². The summed E-state index contributed by atoms with van der Waals surface area (Å²) in [6.45, 7) is 12.1. The number of aromatic amines is 1. The van der Waals surface area contributed by atoms with Gasteiger partial charge in [-0.3, -0.25) is 14.2 Å². The molecule has 196 valence electrons. The molecule has 0 bridgehead atoms. The zero-order chi connectivity index (χ0) is 27.2. The Labute approximate surface area is 219 Å². The largest absolute Gasteiger partial charge is 0.405 e. The number of allylic oxidation sites excluding steroid dienone is 2. The van der Waals surface area contributed by atoms with Gasteiger partial charge in [-0.1, -0.05) is 51.6 Å². The Balaban J connectivity index is 2.02. The third kappa shape index (κ3) is 6.48. The second-order valence-corrected chi connectivity index (χ2v) is 11.5. The minimum atomic E-state index is -4.06. The van der Waals surface area contributed by atoms with Crippen LogP contribution < -0.4 is 10.0 Å². The fourth-order valence-electron chi connectivity index (χ4n) is 3.83. The summed E-state index contributed by atoms with van der Waals surface area (Å²) < 4.78 is 29.0. The molecule has 1 aromatic heterocycles. The molecule has 0 unspecified atom stereocenters. The van der Waals surface area contributed by atoms with E-state index in [2.05, 4.69) is 37.5 Å². The van der Waals surface area contributed by atoms with Crippen molar-refractivity contribution in [2.75, 3.05) is 23.9 Å². The molecule has 0 atom stereocenters. The van der Waals surface area contributed by atoms with Crippen LogP contribution in [0, 0.1) is 0 Å². The summed E-state index contributed by atoms with van der Waals surface area (Å²) in [6.07, 6.45) is 8.12. The van der Waals surface area contributed by atoms with Gasteiger partial charge in [0.1, 0.15) is 6.54 Å². The van der Waals surface area contributed by atoms with Gasteiger partial charge in [-0.05, 0) is 66.1 Å². The van der Waals surface area contributed by atoms with Crippen molar-refractivity contribution in [3.63, 3.8) is 0 Å². The molecular weight excluding hydrogens is 486 g/mol. The fourth-order valence-corrected chi connectivity index (χ4v) is 5.24. The maximum atomic E-state index is 13.9. The van der Waals surface area contributed by atoms with E-state index in [1.807, 2.05) is 19.1 Å². The number of carbonyl (C=O) groups excluding carboxylic acids is 1. The second kappa shape index (κ2) is 11.5. The first-order chi connectivity index (χ1) is 17.5. The molecule has 0 aliphatic carbocycles. The molecule has 37 heavy (non-hydrogen) atoms. The normalized spacial score (nSPS) is 12.7. The SMILES string of the molecule is C=C/C(=C\C=C/N)CN(CC)C(=O)CN(c1ccc2cn[nH]c2c1)S(=O)(=O)c1ccc(C(C)(C)C)cc1. The van der Waals surface area contributed by atoms with E-state index in [1.165, 1.54) is 6.20 Å². The summed E-state index contributed by atoms with van der Waals surface area (Å²) in [5.41, 5.74) is 8.14. The highest BCUT2D eigenvalue weighted by Crippen LogP contribution is 2.29. The highest BCUT2D eigenvalue weighted by Gasteiger charge is 2.29. The zero-order valence-electron chi connectivity index (χ0n) is 21.8. The summed E-state index contributed by atoms with van der Waals surface area (Å²) >= 11 is 0. The van der Waals surface area contributed by atoms with Crippen LogP contribution in [0.3, 0.4) is 0 Å². The summed E-state index contributed by atoms with van der Waals surface area (Å²) in [6, 6.07) is 12.0. The van der Waals surface area contributed by atoms with Gasteiger partial charge in [-0.2, -0.15) is 5.10 Å². The van der Waals surface area contributed by atoms with Crippen molar-refractivity contribution in [3.8, 4) is 0 Å². The van der Waals surface area contributed by atoms with Gasteiger partial charge in [-0.15, -0.1) is 0 Å². The predicted molar refractivity (Wildman–Crippen MR) is 150 cm³/mol. The minimum absolute atomic E-state index is 0.112. The number of nitrogens with two attached hydrogens (primary N) is 1. The molecule has 0 saturated carbocycles. The first-order valence-electron chi connectivity index (χ1n) is 12.0. The number of nitrogens with one attached hydrogen (secondary N) is 1. The van der Waals surface area contributed by atoms with Gasteiger partial charge >= 0.3 is 0 Å². The number of nitrogens with zero attached hydrogens (tertiary/aromatic N) is 3. The Hall–Kier alpha value is -3.85. The lowest BCUT2D eigenvalue weighted by molar-refractivity contribution is -0.128. The van der Waals surface area contributed by atoms with E-state index >= 15 is 0 Å². The van der Waals surface area contributed by atoms with Crippen molar-refractivity contribution >= 4 is 32.5 Å². The van der Waals surface area contributed by atoms with Crippen LogP contribution in [-0.2, 0) is 20.2 Å². The predicted octanol–water partition coefficient (Wildman–Crippen LogP) is 4.49. The van der Waals surface area contributed by atoms with Gasteiger partial charge in [0.05, 0.1) is 22.3 Å². The van der Waals surface area contributed by atoms with Gasteiger partial charge in [-0.25, -0.2) is 8.42 Å². The van der Waals surface area contributed by atoms with Crippen LogP contribution in [-0.4, -0.2) is 49.1 Å². The van der Waals surface area contributed by atoms with E-state index in [1.54, 1.807) is 59.7 Å². The molecule has 2 aromatic carbocycles. The van der Waals surface area contributed by atoms with Gasteiger partial charge in [0, 0.05) is 18.5 Å². The van der Waals surface area contributed by atoms with Crippen molar-refractivity contribution in [1.82, 2.24) is 15.1 Å². The van der Waals surface area contributed by atoms with Gasteiger partial charge in [0.15, 0.2) is 0 Å². The van der Waals surface area contributed by atoms with E-state index < -0.39 is 10.0 Å². The van der Waals surface area contributed by atoms with Crippen molar-refractivity contribution in [2.24, 2.45) is 5.73 Å². The molecule has 3 rings (SSSR count).